The van der Waals surface area contributed by atoms with E-state index < -0.39 is 35.6 Å². The third-order valence-corrected chi connectivity index (χ3v) is 6.39. The number of nitrogens with zero attached hydrogens (tertiary/aromatic N) is 1. The first-order chi connectivity index (χ1) is 15.0. The minimum Gasteiger partial charge on any atom is -0.277 e. The molecule has 7 heteroatoms. The summed E-state index contributed by atoms with van der Waals surface area (Å²) in [6.45, 7) is 0. The average Bonchev–Trinajstić information content (AvgIpc) is 3.29. The second-order valence-electron chi connectivity index (χ2n) is 7.45. The normalized spacial score (nSPS) is 14.5. The van der Waals surface area contributed by atoms with Crippen molar-refractivity contribution in [2.75, 3.05) is 0 Å². The van der Waals surface area contributed by atoms with Crippen LogP contribution in [0.3, 0.4) is 0 Å². The maximum absolute atomic E-state index is 14.0. The number of barbiturate groups is 1. The molecule has 1 aromatic heterocycles. The molecule has 5 amide bonds. The van der Waals surface area contributed by atoms with Gasteiger partial charge < -0.3 is 0 Å². The molecule has 31 heavy (non-hydrogen) atoms. The van der Waals surface area contributed by atoms with Gasteiger partial charge in [0.1, 0.15) is 6.42 Å². The topological polar surface area (TPSA) is 83.6 Å². The van der Waals surface area contributed by atoms with Gasteiger partial charge in [-0.25, -0.2) is 4.79 Å². The first-order valence-electron chi connectivity index (χ1n) is 9.83. The molecule has 0 aliphatic carbocycles. The van der Waals surface area contributed by atoms with Crippen LogP contribution in [0, 0.1) is 0 Å². The van der Waals surface area contributed by atoms with E-state index in [2.05, 4.69) is 5.32 Å². The third kappa shape index (κ3) is 4.18. The van der Waals surface area contributed by atoms with Gasteiger partial charge in [-0.3, -0.25) is 19.7 Å². The van der Waals surface area contributed by atoms with Crippen LogP contribution >= 0.6 is 11.3 Å². The molecule has 0 unspecified atom stereocenters. The van der Waals surface area contributed by atoms with Crippen LogP contribution in [-0.4, -0.2) is 28.7 Å². The van der Waals surface area contributed by atoms with Crippen molar-refractivity contribution in [3.63, 3.8) is 0 Å². The molecule has 2 heterocycles. The molecule has 1 fully saturated rings. The van der Waals surface area contributed by atoms with E-state index in [1.54, 1.807) is 0 Å². The number of amides is 5. The molecular weight excluding hydrogens is 412 g/mol. The number of carbonyl (C=O) groups is 4. The third-order valence-electron chi connectivity index (χ3n) is 5.31. The summed E-state index contributed by atoms with van der Waals surface area (Å²) in [5.74, 6) is -2.13. The molecule has 3 aromatic rings. The molecule has 1 N–H and O–H groups in total. The minimum atomic E-state index is -1.19. The summed E-state index contributed by atoms with van der Waals surface area (Å²) < 4.78 is 0. The second kappa shape index (κ2) is 8.65. The fraction of sp³-hybridized carbons (Fsp3) is 0.167. The standard InChI is InChI=1S/C24H20N2O4S/c27-20-14-21(28)26(23(30)25-20)22(29)24(19-12-7-13-31-19,15-17-8-3-1-4-9-17)16-18-10-5-2-6-11-18/h1-13H,14-16H2,(H,25,27,30). The van der Waals surface area contributed by atoms with Crippen LogP contribution in [0.5, 0.6) is 0 Å². The van der Waals surface area contributed by atoms with Crippen LogP contribution in [0.15, 0.2) is 78.2 Å². The van der Waals surface area contributed by atoms with E-state index in [0.717, 1.165) is 16.0 Å². The van der Waals surface area contributed by atoms with Crippen molar-refractivity contribution < 1.29 is 19.2 Å². The smallest absolute Gasteiger partial charge is 0.277 e. The van der Waals surface area contributed by atoms with E-state index in [9.17, 15) is 19.2 Å². The van der Waals surface area contributed by atoms with E-state index in [4.69, 9.17) is 0 Å². The predicted molar refractivity (Wildman–Crippen MR) is 116 cm³/mol. The maximum Gasteiger partial charge on any atom is 0.337 e. The summed E-state index contributed by atoms with van der Waals surface area (Å²) in [6, 6.07) is 21.7. The van der Waals surface area contributed by atoms with Gasteiger partial charge in [-0.2, -0.15) is 4.90 Å². The zero-order valence-electron chi connectivity index (χ0n) is 16.6. The number of nitrogens with one attached hydrogen (secondary N) is 1. The van der Waals surface area contributed by atoms with Crippen LogP contribution < -0.4 is 5.32 Å². The molecule has 0 bridgehead atoms. The highest BCUT2D eigenvalue weighted by Gasteiger charge is 2.49. The largest absolute Gasteiger partial charge is 0.337 e. The lowest BCUT2D eigenvalue weighted by Gasteiger charge is -2.36. The van der Waals surface area contributed by atoms with E-state index >= 15 is 0 Å². The molecule has 0 saturated carbocycles. The van der Waals surface area contributed by atoms with Gasteiger partial charge in [0, 0.05) is 4.88 Å². The van der Waals surface area contributed by atoms with E-state index in [0.29, 0.717) is 17.7 Å². The maximum atomic E-state index is 14.0. The second-order valence-corrected chi connectivity index (χ2v) is 8.40. The quantitative estimate of drug-likeness (QED) is 0.605. The lowest BCUT2D eigenvalue weighted by Crippen LogP contribution is -2.60. The fourth-order valence-electron chi connectivity index (χ4n) is 3.90. The molecule has 2 aromatic carbocycles. The molecule has 0 spiro atoms. The number of rotatable bonds is 6. The zero-order chi connectivity index (χ0) is 21.8. The summed E-state index contributed by atoms with van der Waals surface area (Å²) >= 11 is 1.41. The number of hydrogen-bond acceptors (Lipinski definition) is 5. The highest BCUT2D eigenvalue weighted by Crippen LogP contribution is 2.38. The van der Waals surface area contributed by atoms with Gasteiger partial charge in [0.15, 0.2) is 0 Å². The first kappa shape index (κ1) is 20.7. The molecule has 1 saturated heterocycles. The number of benzene rings is 2. The first-order valence-corrected chi connectivity index (χ1v) is 10.7. The Morgan fingerprint density at radius 1 is 0.871 bits per heavy atom. The van der Waals surface area contributed by atoms with Crippen LogP contribution in [0.25, 0.3) is 0 Å². The Hall–Kier alpha value is -3.58. The zero-order valence-corrected chi connectivity index (χ0v) is 17.4. The van der Waals surface area contributed by atoms with Gasteiger partial charge in [0.05, 0.1) is 5.41 Å². The number of urea groups is 1. The summed E-state index contributed by atoms with van der Waals surface area (Å²) in [4.78, 5) is 52.1. The van der Waals surface area contributed by atoms with Crippen LogP contribution in [0.2, 0.25) is 0 Å². The monoisotopic (exact) mass is 432 g/mol. The van der Waals surface area contributed by atoms with Crippen molar-refractivity contribution in [3.8, 4) is 0 Å². The summed E-state index contributed by atoms with van der Waals surface area (Å²) in [6.07, 6.45) is 0.0643. The number of thiophene rings is 1. The molecule has 6 nitrogen and oxygen atoms in total. The fourth-order valence-corrected chi connectivity index (χ4v) is 4.82. The number of carbonyl (C=O) groups excluding carboxylic acids is 4. The Bertz CT molecular complexity index is 1050. The molecule has 0 atom stereocenters. The van der Waals surface area contributed by atoms with Gasteiger partial charge in [0.2, 0.25) is 17.7 Å². The van der Waals surface area contributed by atoms with Gasteiger partial charge in [-0.1, -0.05) is 66.7 Å². The van der Waals surface area contributed by atoms with Gasteiger partial charge in [-0.15, -0.1) is 11.3 Å². The van der Waals surface area contributed by atoms with Gasteiger partial charge >= 0.3 is 6.03 Å². The van der Waals surface area contributed by atoms with Crippen LogP contribution in [0.4, 0.5) is 4.79 Å². The average molecular weight is 433 g/mol. The minimum absolute atomic E-state index is 0.299. The summed E-state index contributed by atoms with van der Waals surface area (Å²) in [7, 11) is 0. The molecular formula is C24H20N2O4S. The summed E-state index contributed by atoms with van der Waals surface area (Å²) in [5.41, 5.74) is 0.617. The van der Waals surface area contributed by atoms with E-state index in [-0.39, 0.29) is 0 Å². The van der Waals surface area contributed by atoms with E-state index in [1.807, 2.05) is 78.2 Å². The van der Waals surface area contributed by atoms with Crippen molar-refractivity contribution in [2.45, 2.75) is 24.7 Å². The molecule has 1 aliphatic rings. The molecule has 4 rings (SSSR count). The van der Waals surface area contributed by atoms with Crippen molar-refractivity contribution >= 4 is 35.1 Å². The molecule has 156 valence electrons. The lowest BCUT2D eigenvalue weighted by atomic mass is 9.74. The van der Waals surface area contributed by atoms with Crippen molar-refractivity contribution in [3.05, 3.63) is 94.2 Å². The highest BCUT2D eigenvalue weighted by atomic mass is 32.1. The Morgan fingerprint density at radius 3 is 1.94 bits per heavy atom. The van der Waals surface area contributed by atoms with Crippen molar-refractivity contribution in [1.82, 2.24) is 10.2 Å². The van der Waals surface area contributed by atoms with E-state index in [1.165, 1.54) is 11.3 Å². The predicted octanol–water partition coefficient (Wildman–Crippen LogP) is 3.47. The lowest BCUT2D eigenvalue weighted by molar-refractivity contribution is -0.147. The SMILES string of the molecule is O=C1CC(=O)N(C(=O)C(Cc2ccccc2)(Cc2ccccc2)c2cccs2)C(=O)N1. The Morgan fingerprint density at radius 2 is 1.45 bits per heavy atom. The summed E-state index contributed by atoms with van der Waals surface area (Å²) in [5, 5.41) is 3.97. The van der Waals surface area contributed by atoms with Crippen molar-refractivity contribution in [2.24, 2.45) is 0 Å². The number of imide groups is 4. The van der Waals surface area contributed by atoms with Gasteiger partial charge in [-0.05, 0) is 35.4 Å². The molecule has 1 aliphatic heterocycles. The Kier molecular flexibility index (Phi) is 5.77. The number of hydrogen-bond donors (Lipinski definition) is 1. The van der Waals surface area contributed by atoms with Crippen molar-refractivity contribution in [1.29, 1.82) is 0 Å². The highest BCUT2D eigenvalue weighted by molar-refractivity contribution is 7.10. The Balaban J connectivity index is 1.85. The van der Waals surface area contributed by atoms with Crippen LogP contribution in [-0.2, 0) is 32.6 Å². The van der Waals surface area contributed by atoms with Crippen LogP contribution in [0.1, 0.15) is 22.4 Å². The Labute approximate surface area is 183 Å². The van der Waals surface area contributed by atoms with Gasteiger partial charge in [0.25, 0.3) is 0 Å². The molecule has 0 radical (unpaired) electrons.